The fraction of sp³-hybridized carbons (Fsp3) is 1.00. The Hall–Kier alpha value is -0.0400. The monoisotopic (exact) mass is 213 g/mol. The van der Waals surface area contributed by atoms with Crippen LogP contribution in [0.2, 0.25) is 0 Å². The Morgan fingerprint density at radius 3 is 1.87 bits per heavy atom. The van der Waals surface area contributed by atoms with E-state index in [0.717, 1.165) is 0 Å². The number of hydrogen-bond donors (Lipinski definition) is 1. The normalized spacial score (nSPS) is 12.0. The summed E-state index contributed by atoms with van der Waals surface area (Å²) < 4.78 is 0. The summed E-state index contributed by atoms with van der Waals surface area (Å²) in [5.41, 5.74) is 0.435. The van der Waals surface area contributed by atoms with Gasteiger partial charge in [-0.15, -0.1) is 0 Å². The molecule has 1 nitrogen and oxygen atoms in total. The first-order valence-electron chi connectivity index (χ1n) is 6.99. The van der Waals surface area contributed by atoms with E-state index in [1.165, 1.54) is 57.9 Å². The van der Waals surface area contributed by atoms with Crippen LogP contribution < -0.4 is 5.32 Å². The summed E-state index contributed by atoms with van der Waals surface area (Å²) in [5, 5.41) is 3.79. The third-order valence-electron chi connectivity index (χ3n) is 3.64. The average Bonchev–Trinajstić information content (AvgIpc) is 2.28. The molecule has 0 aliphatic carbocycles. The van der Waals surface area contributed by atoms with Crippen molar-refractivity contribution in [2.75, 3.05) is 6.54 Å². The molecule has 0 saturated heterocycles. The first kappa shape index (κ1) is 15.0. The Labute approximate surface area is 97.0 Å². The van der Waals surface area contributed by atoms with Gasteiger partial charge in [0.25, 0.3) is 0 Å². The van der Waals surface area contributed by atoms with Crippen molar-refractivity contribution in [3.8, 4) is 0 Å². The van der Waals surface area contributed by atoms with Crippen molar-refractivity contribution in [3.63, 3.8) is 0 Å². The van der Waals surface area contributed by atoms with Gasteiger partial charge in [0.15, 0.2) is 0 Å². The van der Waals surface area contributed by atoms with Gasteiger partial charge in [0.1, 0.15) is 0 Å². The molecule has 0 heterocycles. The Kier molecular flexibility index (Phi) is 9.18. The molecule has 0 amide bonds. The van der Waals surface area contributed by atoms with E-state index in [1.54, 1.807) is 0 Å². The lowest BCUT2D eigenvalue weighted by molar-refractivity contribution is 0.270. The molecule has 0 aromatic heterocycles. The summed E-state index contributed by atoms with van der Waals surface area (Å²) in [7, 11) is 0. The van der Waals surface area contributed by atoms with E-state index < -0.39 is 0 Å². The average molecular weight is 213 g/mol. The molecule has 0 spiro atoms. The van der Waals surface area contributed by atoms with Gasteiger partial charge in [0, 0.05) is 5.54 Å². The minimum Gasteiger partial charge on any atom is -0.311 e. The summed E-state index contributed by atoms with van der Waals surface area (Å²) in [4.78, 5) is 0. The largest absolute Gasteiger partial charge is 0.311 e. The molecule has 1 N–H and O–H groups in total. The van der Waals surface area contributed by atoms with Crippen LogP contribution in [0.4, 0.5) is 0 Å². The van der Waals surface area contributed by atoms with E-state index >= 15 is 0 Å². The highest BCUT2D eigenvalue weighted by Crippen LogP contribution is 2.23. The standard InChI is InChI=1S/C14H31N/c1-5-9-11-12-14(7-3,8-4)15-13-10-6-2/h15H,5-13H2,1-4H3. The van der Waals surface area contributed by atoms with Gasteiger partial charge < -0.3 is 5.32 Å². The van der Waals surface area contributed by atoms with Crippen LogP contribution in [0.5, 0.6) is 0 Å². The molecule has 0 bridgehead atoms. The zero-order valence-electron chi connectivity index (χ0n) is 11.4. The highest BCUT2D eigenvalue weighted by atomic mass is 15.0. The van der Waals surface area contributed by atoms with Gasteiger partial charge in [-0.2, -0.15) is 0 Å². The van der Waals surface area contributed by atoms with Gasteiger partial charge in [-0.05, 0) is 32.2 Å². The zero-order chi connectivity index (χ0) is 11.6. The first-order chi connectivity index (χ1) is 7.24. The quantitative estimate of drug-likeness (QED) is 0.526. The third-order valence-corrected chi connectivity index (χ3v) is 3.64. The second kappa shape index (κ2) is 9.21. The van der Waals surface area contributed by atoms with Crippen molar-refractivity contribution in [1.82, 2.24) is 5.32 Å². The lowest BCUT2D eigenvalue weighted by Gasteiger charge is -2.33. The van der Waals surface area contributed by atoms with Gasteiger partial charge in [0.2, 0.25) is 0 Å². The topological polar surface area (TPSA) is 12.0 Å². The molecule has 0 aromatic carbocycles. The molecular formula is C14H31N. The predicted octanol–water partition coefficient (Wildman–Crippen LogP) is 4.52. The molecule has 0 unspecified atom stereocenters. The highest BCUT2D eigenvalue weighted by molar-refractivity contribution is 4.85. The minimum absolute atomic E-state index is 0.435. The predicted molar refractivity (Wildman–Crippen MR) is 70.4 cm³/mol. The Bertz CT molecular complexity index is 115. The van der Waals surface area contributed by atoms with Crippen LogP contribution in [0.25, 0.3) is 0 Å². The highest BCUT2D eigenvalue weighted by Gasteiger charge is 2.23. The molecule has 0 rings (SSSR count). The molecule has 15 heavy (non-hydrogen) atoms. The number of rotatable bonds is 10. The fourth-order valence-electron chi connectivity index (χ4n) is 2.19. The second-order valence-electron chi connectivity index (χ2n) is 4.72. The van der Waals surface area contributed by atoms with Crippen LogP contribution in [0.15, 0.2) is 0 Å². The Morgan fingerprint density at radius 2 is 1.40 bits per heavy atom. The molecule has 0 fully saturated rings. The van der Waals surface area contributed by atoms with Gasteiger partial charge in [-0.1, -0.05) is 53.4 Å². The Morgan fingerprint density at radius 1 is 0.800 bits per heavy atom. The lowest BCUT2D eigenvalue weighted by Crippen LogP contribution is -2.44. The van der Waals surface area contributed by atoms with Crippen LogP contribution in [-0.2, 0) is 0 Å². The maximum Gasteiger partial charge on any atom is 0.0176 e. The van der Waals surface area contributed by atoms with Crippen molar-refractivity contribution in [1.29, 1.82) is 0 Å². The van der Waals surface area contributed by atoms with Gasteiger partial charge in [-0.25, -0.2) is 0 Å². The van der Waals surface area contributed by atoms with Crippen molar-refractivity contribution in [2.24, 2.45) is 0 Å². The zero-order valence-corrected chi connectivity index (χ0v) is 11.4. The van der Waals surface area contributed by atoms with Gasteiger partial charge >= 0.3 is 0 Å². The van der Waals surface area contributed by atoms with E-state index in [0.29, 0.717) is 5.54 Å². The summed E-state index contributed by atoms with van der Waals surface area (Å²) in [6.07, 6.45) is 10.6. The number of hydrogen-bond acceptors (Lipinski definition) is 1. The lowest BCUT2D eigenvalue weighted by atomic mass is 9.86. The van der Waals surface area contributed by atoms with Crippen molar-refractivity contribution < 1.29 is 0 Å². The van der Waals surface area contributed by atoms with E-state index in [1.807, 2.05) is 0 Å². The van der Waals surface area contributed by atoms with Crippen LogP contribution in [-0.4, -0.2) is 12.1 Å². The maximum absolute atomic E-state index is 3.79. The smallest absolute Gasteiger partial charge is 0.0176 e. The van der Waals surface area contributed by atoms with Gasteiger partial charge in [-0.3, -0.25) is 0 Å². The molecule has 1 heteroatoms. The summed E-state index contributed by atoms with van der Waals surface area (Å²) in [6, 6.07) is 0. The van der Waals surface area contributed by atoms with Crippen LogP contribution in [0.3, 0.4) is 0 Å². The van der Waals surface area contributed by atoms with Crippen molar-refractivity contribution in [3.05, 3.63) is 0 Å². The SMILES string of the molecule is CCCCCC(CC)(CC)NCCCC. The number of nitrogens with one attached hydrogen (secondary N) is 1. The van der Waals surface area contributed by atoms with Crippen molar-refractivity contribution in [2.45, 2.75) is 84.6 Å². The van der Waals surface area contributed by atoms with E-state index in [9.17, 15) is 0 Å². The number of unbranched alkanes of at least 4 members (excludes halogenated alkanes) is 3. The van der Waals surface area contributed by atoms with Crippen LogP contribution in [0.1, 0.15) is 79.1 Å². The summed E-state index contributed by atoms with van der Waals surface area (Å²) in [5.74, 6) is 0. The maximum atomic E-state index is 3.79. The molecule has 0 aliphatic heterocycles. The second-order valence-corrected chi connectivity index (χ2v) is 4.72. The van der Waals surface area contributed by atoms with Crippen LogP contribution in [0, 0.1) is 0 Å². The van der Waals surface area contributed by atoms with Crippen LogP contribution >= 0.6 is 0 Å². The third kappa shape index (κ3) is 6.19. The minimum atomic E-state index is 0.435. The molecule has 0 aliphatic rings. The molecule has 0 radical (unpaired) electrons. The molecular weight excluding hydrogens is 182 g/mol. The van der Waals surface area contributed by atoms with E-state index in [-0.39, 0.29) is 0 Å². The summed E-state index contributed by atoms with van der Waals surface area (Å²) in [6.45, 7) is 10.4. The molecule has 92 valence electrons. The molecule has 0 saturated carbocycles. The summed E-state index contributed by atoms with van der Waals surface area (Å²) >= 11 is 0. The molecule has 0 aromatic rings. The van der Waals surface area contributed by atoms with E-state index in [2.05, 4.69) is 33.0 Å². The van der Waals surface area contributed by atoms with Gasteiger partial charge in [0.05, 0.1) is 0 Å². The van der Waals surface area contributed by atoms with Crippen molar-refractivity contribution >= 4 is 0 Å². The first-order valence-corrected chi connectivity index (χ1v) is 6.99. The Balaban J connectivity index is 3.93. The fourth-order valence-corrected chi connectivity index (χ4v) is 2.19. The van der Waals surface area contributed by atoms with E-state index in [4.69, 9.17) is 0 Å². The molecule has 0 atom stereocenters.